The number of rotatable bonds is 2. The standard InChI is InChI=1S/C17H11IO/c18-16-7-3-6-14(11-16)17(19)15-9-8-12-4-1-2-5-13(12)10-15/h1-11H. The molecule has 0 bridgehead atoms. The van der Waals surface area contributed by atoms with Crippen molar-refractivity contribution < 1.29 is 4.79 Å². The topological polar surface area (TPSA) is 17.1 Å². The van der Waals surface area contributed by atoms with Crippen LogP contribution in [0, 0.1) is 3.57 Å². The van der Waals surface area contributed by atoms with E-state index in [1.165, 1.54) is 0 Å². The molecule has 3 rings (SSSR count). The molecule has 0 aliphatic carbocycles. The molecule has 0 N–H and O–H groups in total. The smallest absolute Gasteiger partial charge is 0.193 e. The number of hydrogen-bond donors (Lipinski definition) is 0. The summed E-state index contributed by atoms with van der Waals surface area (Å²) in [6.07, 6.45) is 0. The molecule has 0 aromatic heterocycles. The van der Waals surface area contributed by atoms with E-state index in [4.69, 9.17) is 0 Å². The van der Waals surface area contributed by atoms with E-state index in [1.54, 1.807) is 0 Å². The number of carbonyl (C=O) groups excluding carboxylic acids is 1. The highest BCUT2D eigenvalue weighted by Gasteiger charge is 2.09. The van der Waals surface area contributed by atoms with Crippen molar-refractivity contribution in [3.05, 3.63) is 81.4 Å². The van der Waals surface area contributed by atoms with Crippen LogP contribution in [0.5, 0.6) is 0 Å². The van der Waals surface area contributed by atoms with Crippen molar-refractivity contribution >= 4 is 39.1 Å². The van der Waals surface area contributed by atoms with Crippen LogP contribution in [0.3, 0.4) is 0 Å². The summed E-state index contributed by atoms with van der Waals surface area (Å²) in [7, 11) is 0. The van der Waals surface area contributed by atoms with Crippen molar-refractivity contribution in [1.82, 2.24) is 0 Å². The number of carbonyl (C=O) groups is 1. The normalized spacial score (nSPS) is 10.6. The highest BCUT2D eigenvalue weighted by atomic mass is 127. The second-order valence-electron chi connectivity index (χ2n) is 4.40. The third-order valence-electron chi connectivity index (χ3n) is 3.10. The molecule has 2 heteroatoms. The van der Waals surface area contributed by atoms with Crippen LogP contribution in [-0.4, -0.2) is 5.78 Å². The maximum absolute atomic E-state index is 12.4. The van der Waals surface area contributed by atoms with Crippen LogP contribution >= 0.6 is 22.6 Å². The maximum atomic E-state index is 12.4. The minimum atomic E-state index is 0.0734. The third-order valence-corrected chi connectivity index (χ3v) is 3.77. The van der Waals surface area contributed by atoms with Crippen molar-refractivity contribution in [2.24, 2.45) is 0 Å². The predicted octanol–water partition coefficient (Wildman–Crippen LogP) is 4.68. The summed E-state index contributed by atoms with van der Waals surface area (Å²) < 4.78 is 1.07. The monoisotopic (exact) mass is 358 g/mol. The largest absolute Gasteiger partial charge is 0.289 e. The van der Waals surface area contributed by atoms with Gasteiger partial charge >= 0.3 is 0 Å². The molecule has 0 aliphatic heterocycles. The molecule has 3 aromatic rings. The molecule has 0 amide bonds. The van der Waals surface area contributed by atoms with E-state index in [1.807, 2.05) is 60.7 Å². The van der Waals surface area contributed by atoms with Gasteiger partial charge in [0.1, 0.15) is 0 Å². The van der Waals surface area contributed by atoms with E-state index in [0.29, 0.717) is 0 Å². The number of hydrogen-bond acceptors (Lipinski definition) is 1. The Morgan fingerprint density at radius 2 is 1.47 bits per heavy atom. The summed E-state index contributed by atoms with van der Waals surface area (Å²) in [5.41, 5.74) is 1.47. The van der Waals surface area contributed by atoms with Crippen molar-refractivity contribution in [3.63, 3.8) is 0 Å². The van der Waals surface area contributed by atoms with E-state index in [9.17, 15) is 4.79 Å². The first kappa shape index (κ1) is 12.4. The number of fused-ring (bicyclic) bond motifs is 1. The molecule has 0 saturated heterocycles. The molecule has 0 atom stereocenters. The number of benzene rings is 3. The Labute approximate surface area is 125 Å². The lowest BCUT2D eigenvalue weighted by Gasteiger charge is -2.04. The molecule has 0 spiro atoms. The SMILES string of the molecule is O=C(c1cccc(I)c1)c1ccc2ccccc2c1. The summed E-state index contributed by atoms with van der Waals surface area (Å²) in [4.78, 5) is 12.4. The Hall–Kier alpha value is -1.68. The Morgan fingerprint density at radius 1 is 0.737 bits per heavy atom. The van der Waals surface area contributed by atoms with E-state index >= 15 is 0 Å². The fraction of sp³-hybridized carbons (Fsp3) is 0. The highest BCUT2D eigenvalue weighted by molar-refractivity contribution is 14.1. The van der Waals surface area contributed by atoms with E-state index in [-0.39, 0.29) is 5.78 Å². The van der Waals surface area contributed by atoms with Gasteiger partial charge in [-0.15, -0.1) is 0 Å². The van der Waals surface area contributed by atoms with Crippen molar-refractivity contribution in [2.45, 2.75) is 0 Å². The molecule has 0 fully saturated rings. The van der Waals surface area contributed by atoms with Crippen LogP contribution in [0.2, 0.25) is 0 Å². The minimum absolute atomic E-state index is 0.0734. The Morgan fingerprint density at radius 3 is 2.26 bits per heavy atom. The zero-order chi connectivity index (χ0) is 13.2. The van der Waals surface area contributed by atoms with E-state index in [2.05, 4.69) is 28.7 Å². The fourth-order valence-corrected chi connectivity index (χ4v) is 2.67. The summed E-state index contributed by atoms with van der Waals surface area (Å²) in [5.74, 6) is 0.0734. The second kappa shape index (κ2) is 5.13. The minimum Gasteiger partial charge on any atom is -0.289 e. The molecular weight excluding hydrogens is 347 g/mol. The maximum Gasteiger partial charge on any atom is 0.193 e. The molecule has 3 aromatic carbocycles. The fourth-order valence-electron chi connectivity index (χ4n) is 2.13. The van der Waals surface area contributed by atoms with Gasteiger partial charge in [-0.2, -0.15) is 0 Å². The summed E-state index contributed by atoms with van der Waals surface area (Å²) in [5, 5.41) is 2.25. The van der Waals surface area contributed by atoms with Crippen molar-refractivity contribution in [3.8, 4) is 0 Å². The first-order chi connectivity index (χ1) is 9.24. The molecule has 0 heterocycles. The van der Waals surface area contributed by atoms with E-state index < -0.39 is 0 Å². The Kier molecular flexibility index (Phi) is 3.34. The molecule has 0 radical (unpaired) electrons. The van der Waals surface area contributed by atoms with Gasteiger partial charge in [0.2, 0.25) is 0 Å². The Bertz CT molecular complexity index is 762. The lowest BCUT2D eigenvalue weighted by molar-refractivity contribution is 0.103. The molecule has 0 aliphatic rings. The van der Waals surface area contributed by atoms with Gasteiger partial charge in [0.05, 0.1) is 0 Å². The third kappa shape index (κ3) is 2.54. The van der Waals surface area contributed by atoms with Gasteiger partial charge in [-0.05, 0) is 51.6 Å². The quantitative estimate of drug-likeness (QED) is 0.480. The van der Waals surface area contributed by atoms with Crippen LogP contribution < -0.4 is 0 Å². The molecule has 0 saturated carbocycles. The molecule has 92 valence electrons. The first-order valence-corrected chi connectivity index (χ1v) is 7.11. The summed E-state index contributed by atoms with van der Waals surface area (Å²) in [6, 6.07) is 21.6. The molecule has 0 unspecified atom stereocenters. The number of ketones is 1. The van der Waals surface area contributed by atoms with Gasteiger partial charge in [-0.25, -0.2) is 0 Å². The van der Waals surface area contributed by atoms with Crippen LogP contribution in [0.25, 0.3) is 10.8 Å². The predicted molar refractivity (Wildman–Crippen MR) is 86.5 cm³/mol. The Balaban J connectivity index is 2.06. The summed E-state index contributed by atoms with van der Waals surface area (Å²) >= 11 is 2.22. The highest BCUT2D eigenvalue weighted by Crippen LogP contribution is 2.19. The number of halogens is 1. The molecule has 19 heavy (non-hydrogen) atoms. The lowest BCUT2D eigenvalue weighted by Crippen LogP contribution is -2.01. The second-order valence-corrected chi connectivity index (χ2v) is 5.65. The zero-order valence-corrected chi connectivity index (χ0v) is 12.3. The van der Waals surface area contributed by atoms with Gasteiger partial charge in [-0.1, -0.05) is 48.5 Å². The molecular formula is C17H11IO. The van der Waals surface area contributed by atoms with Crippen molar-refractivity contribution in [2.75, 3.05) is 0 Å². The van der Waals surface area contributed by atoms with Crippen LogP contribution in [-0.2, 0) is 0 Å². The van der Waals surface area contributed by atoms with Gasteiger partial charge < -0.3 is 0 Å². The lowest BCUT2D eigenvalue weighted by atomic mass is 10.0. The zero-order valence-electron chi connectivity index (χ0n) is 10.1. The van der Waals surface area contributed by atoms with Gasteiger partial charge in [0.15, 0.2) is 5.78 Å². The average molecular weight is 358 g/mol. The van der Waals surface area contributed by atoms with Crippen LogP contribution in [0.15, 0.2) is 66.7 Å². The summed E-state index contributed by atoms with van der Waals surface area (Å²) in [6.45, 7) is 0. The van der Waals surface area contributed by atoms with Gasteiger partial charge in [0, 0.05) is 14.7 Å². The average Bonchev–Trinajstić information content (AvgIpc) is 2.46. The van der Waals surface area contributed by atoms with Gasteiger partial charge in [0.25, 0.3) is 0 Å². The van der Waals surface area contributed by atoms with Crippen molar-refractivity contribution in [1.29, 1.82) is 0 Å². The molecule has 1 nitrogen and oxygen atoms in total. The van der Waals surface area contributed by atoms with Crippen LogP contribution in [0.4, 0.5) is 0 Å². The van der Waals surface area contributed by atoms with Gasteiger partial charge in [-0.3, -0.25) is 4.79 Å². The first-order valence-electron chi connectivity index (χ1n) is 6.03. The van der Waals surface area contributed by atoms with Crippen LogP contribution in [0.1, 0.15) is 15.9 Å². The van der Waals surface area contributed by atoms with E-state index in [0.717, 1.165) is 25.5 Å².